The van der Waals surface area contributed by atoms with Gasteiger partial charge >= 0.3 is 0 Å². The first-order valence-electron chi connectivity index (χ1n) is 8.00. The molecule has 0 aliphatic carbocycles. The Morgan fingerprint density at radius 1 is 1.33 bits per heavy atom. The van der Waals surface area contributed by atoms with Crippen LogP contribution >= 0.6 is 12.4 Å². The third-order valence-corrected chi connectivity index (χ3v) is 4.74. The highest BCUT2D eigenvalue weighted by Gasteiger charge is 2.33. The maximum Gasteiger partial charge on any atom is 0.251 e. The summed E-state index contributed by atoms with van der Waals surface area (Å²) in [5.41, 5.74) is 0. The molecule has 4 unspecified atom stereocenters. The van der Waals surface area contributed by atoms with Crippen LogP contribution in [0.2, 0.25) is 0 Å². The van der Waals surface area contributed by atoms with Crippen molar-refractivity contribution in [2.24, 2.45) is 0 Å². The molecule has 1 N–H and O–H groups in total. The van der Waals surface area contributed by atoms with E-state index in [1.807, 2.05) is 11.8 Å². The first kappa shape index (κ1) is 17.0. The van der Waals surface area contributed by atoms with Gasteiger partial charge < -0.3 is 19.7 Å². The number of carbonyl (C=O) groups is 1. The Kier molecular flexibility index (Phi) is 6.29. The summed E-state index contributed by atoms with van der Waals surface area (Å²) in [7, 11) is 0. The quantitative estimate of drug-likeness (QED) is 0.850. The average Bonchev–Trinajstić information content (AvgIpc) is 3.05. The van der Waals surface area contributed by atoms with Crippen LogP contribution in [0.3, 0.4) is 0 Å². The number of hydrogen-bond acceptors (Lipinski definition) is 4. The minimum atomic E-state index is -0.351. The lowest BCUT2D eigenvalue weighted by Crippen LogP contribution is -2.44. The van der Waals surface area contributed by atoms with Gasteiger partial charge in [-0.1, -0.05) is 0 Å². The predicted octanol–water partition coefficient (Wildman–Crippen LogP) is 1.35. The molecule has 1 amide bonds. The highest BCUT2D eigenvalue weighted by Crippen LogP contribution is 2.21. The number of hydrogen-bond donors (Lipinski definition) is 1. The van der Waals surface area contributed by atoms with Crippen LogP contribution in [0.15, 0.2) is 0 Å². The minimum absolute atomic E-state index is 0. The van der Waals surface area contributed by atoms with E-state index in [1.165, 1.54) is 12.8 Å². The maximum absolute atomic E-state index is 12.5. The van der Waals surface area contributed by atoms with Crippen molar-refractivity contribution < 1.29 is 14.3 Å². The maximum atomic E-state index is 12.5. The van der Waals surface area contributed by atoms with E-state index in [0.29, 0.717) is 18.7 Å². The highest BCUT2D eigenvalue weighted by atomic mass is 35.5. The highest BCUT2D eigenvalue weighted by molar-refractivity contribution is 5.85. The van der Waals surface area contributed by atoms with Gasteiger partial charge in [0.25, 0.3) is 5.91 Å². The lowest BCUT2D eigenvalue weighted by molar-refractivity contribution is -0.144. The molecule has 3 heterocycles. The molecule has 122 valence electrons. The second-order valence-electron chi connectivity index (χ2n) is 6.32. The van der Waals surface area contributed by atoms with Crippen molar-refractivity contribution in [3.63, 3.8) is 0 Å². The molecule has 3 aliphatic rings. The summed E-state index contributed by atoms with van der Waals surface area (Å²) in [6, 6.07) is 1.10. The number of carbonyl (C=O) groups excluding carboxylic acids is 1. The van der Waals surface area contributed by atoms with E-state index in [9.17, 15) is 4.79 Å². The van der Waals surface area contributed by atoms with Gasteiger partial charge in [-0.05, 0) is 39.0 Å². The summed E-state index contributed by atoms with van der Waals surface area (Å²) >= 11 is 0. The lowest BCUT2D eigenvalue weighted by Gasteiger charge is -2.27. The molecule has 4 atom stereocenters. The monoisotopic (exact) mass is 318 g/mol. The molecule has 3 aliphatic heterocycles. The Bertz CT molecular complexity index is 350. The van der Waals surface area contributed by atoms with Gasteiger partial charge in [0, 0.05) is 31.8 Å². The van der Waals surface area contributed by atoms with Gasteiger partial charge in [0.15, 0.2) is 0 Å². The Labute approximate surface area is 133 Å². The number of ether oxygens (including phenoxy) is 2. The Morgan fingerprint density at radius 2 is 2.14 bits per heavy atom. The third kappa shape index (κ3) is 4.31. The van der Waals surface area contributed by atoms with E-state index in [1.54, 1.807) is 0 Å². The second kappa shape index (κ2) is 7.77. The van der Waals surface area contributed by atoms with Crippen LogP contribution in [0.1, 0.15) is 39.0 Å². The summed E-state index contributed by atoms with van der Waals surface area (Å²) < 4.78 is 11.3. The van der Waals surface area contributed by atoms with E-state index in [-0.39, 0.29) is 30.5 Å². The second-order valence-corrected chi connectivity index (χ2v) is 6.32. The predicted molar refractivity (Wildman–Crippen MR) is 82.8 cm³/mol. The Hall–Kier alpha value is -0.360. The van der Waals surface area contributed by atoms with Crippen molar-refractivity contribution in [2.75, 3.05) is 26.3 Å². The average molecular weight is 319 g/mol. The SMILES string of the molecule is CC(OCC1CCCO1)C(=O)N1CCC2CCC(C1)N2.Cl. The third-order valence-electron chi connectivity index (χ3n) is 4.74. The number of halogens is 1. The van der Waals surface area contributed by atoms with Crippen molar-refractivity contribution in [3.8, 4) is 0 Å². The van der Waals surface area contributed by atoms with Crippen LogP contribution in [-0.2, 0) is 14.3 Å². The van der Waals surface area contributed by atoms with Gasteiger partial charge in [0.2, 0.25) is 0 Å². The standard InChI is InChI=1S/C15H26N2O3.ClH/c1-11(20-10-14-3-2-8-19-14)15(18)17-7-6-12-4-5-13(9-17)16-12;/h11-14,16H,2-10H2,1H3;1H. The van der Waals surface area contributed by atoms with Gasteiger partial charge in [0.1, 0.15) is 6.10 Å². The summed E-state index contributed by atoms with van der Waals surface area (Å²) in [5, 5.41) is 3.60. The van der Waals surface area contributed by atoms with Crippen LogP contribution < -0.4 is 5.32 Å². The number of nitrogens with one attached hydrogen (secondary N) is 1. The Morgan fingerprint density at radius 3 is 2.90 bits per heavy atom. The zero-order chi connectivity index (χ0) is 13.9. The van der Waals surface area contributed by atoms with Crippen molar-refractivity contribution in [1.82, 2.24) is 10.2 Å². The fourth-order valence-corrected chi connectivity index (χ4v) is 3.50. The molecule has 0 aromatic heterocycles. The molecule has 3 fully saturated rings. The topological polar surface area (TPSA) is 50.8 Å². The fraction of sp³-hybridized carbons (Fsp3) is 0.933. The molecule has 0 radical (unpaired) electrons. The molecule has 3 saturated heterocycles. The van der Waals surface area contributed by atoms with E-state index in [4.69, 9.17) is 9.47 Å². The molecule has 5 nitrogen and oxygen atoms in total. The number of fused-ring (bicyclic) bond motifs is 2. The van der Waals surface area contributed by atoms with E-state index in [0.717, 1.165) is 39.0 Å². The molecule has 2 bridgehead atoms. The molecule has 0 saturated carbocycles. The van der Waals surface area contributed by atoms with Crippen LogP contribution in [0.5, 0.6) is 0 Å². The lowest BCUT2D eigenvalue weighted by atomic mass is 10.1. The molecule has 3 rings (SSSR count). The first-order valence-corrected chi connectivity index (χ1v) is 8.00. The molecule has 0 spiro atoms. The molecule has 0 aromatic carbocycles. The normalized spacial score (nSPS) is 33.4. The first-order chi connectivity index (χ1) is 9.72. The van der Waals surface area contributed by atoms with Gasteiger partial charge in [-0.15, -0.1) is 12.4 Å². The van der Waals surface area contributed by atoms with Gasteiger partial charge in [-0.2, -0.15) is 0 Å². The molecule has 21 heavy (non-hydrogen) atoms. The smallest absolute Gasteiger partial charge is 0.251 e. The van der Waals surface area contributed by atoms with Gasteiger partial charge in [0.05, 0.1) is 12.7 Å². The van der Waals surface area contributed by atoms with Crippen LogP contribution in [0, 0.1) is 0 Å². The van der Waals surface area contributed by atoms with Crippen LogP contribution in [0.25, 0.3) is 0 Å². The molecular formula is C15H27ClN2O3. The minimum Gasteiger partial charge on any atom is -0.376 e. The van der Waals surface area contributed by atoms with E-state index in [2.05, 4.69) is 5.32 Å². The summed E-state index contributed by atoms with van der Waals surface area (Å²) in [6.45, 7) is 4.94. The van der Waals surface area contributed by atoms with Gasteiger partial charge in [-0.25, -0.2) is 0 Å². The number of nitrogens with zero attached hydrogens (tertiary/aromatic N) is 1. The van der Waals surface area contributed by atoms with Crippen molar-refractivity contribution >= 4 is 18.3 Å². The summed E-state index contributed by atoms with van der Waals surface area (Å²) in [6.07, 6.45) is 5.52. The van der Waals surface area contributed by atoms with Gasteiger partial charge in [-0.3, -0.25) is 4.79 Å². The Balaban J connectivity index is 0.00000161. The summed E-state index contributed by atoms with van der Waals surface area (Å²) in [5.74, 6) is 0.136. The van der Waals surface area contributed by atoms with Crippen LogP contribution in [-0.4, -0.2) is 61.4 Å². The fourth-order valence-electron chi connectivity index (χ4n) is 3.50. The number of likely N-dealkylation sites (tertiary alicyclic amines) is 1. The van der Waals surface area contributed by atoms with E-state index < -0.39 is 0 Å². The molecular weight excluding hydrogens is 292 g/mol. The zero-order valence-electron chi connectivity index (χ0n) is 12.8. The largest absolute Gasteiger partial charge is 0.376 e. The van der Waals surface area contributed by atoms with Crippen molar-refractivity contribution in [1.29, 1.82) is 0 Å². The van der Waals surface area contributed by atoms with Crippen molar-refractivity contribution in [2.45, 2.75) is 63.3 Å². The van der Waals surface area contributed by atoms with Crippen LogP contribution in [0.4, 0.5) is 0 Å². The molecule has 0 aromatic rings. The van der Waals surface area contributed by atoms with Crippen molar-refractivity contribution in [3.05, 3.63) is 0 Å². The zero-order valence-corrected chi connectivity index (χ0v) is 13.6. The van der Waals surface area contributed by atoms with E-state index >= 15 is 0 Å². The number of rotatable bonds is 4. The summed E-state index contributed by atoms with van der Waals surface area (Å²) in [4.78, 5) is 14.4. The number of amides is 1. The molecule has 6 heteroatoms.